The monoisotopic (exact) mass is 574 g/mol. The molecule has 0 aromatic heterocycles. The summed E-state index contributed by atoms with van der Waals surface area (Å²) in [7, 11) is -2.47. The van der Waals surface area contributed by atoms with Crippen LogP contribution < -0.4 is 58.0 Å². The van der Waals surface area contributed by atoms with Crippen molar-refractivity contribution >= 4 is 28.8 Å². The molecule has 0 aliphatic carbocycles. The van der Waals surface area contributed by atoms with Gasteiger partial charge in [0.25, 0.3) is 0 Å². The van der Waals surface area contributed by atoms with Gasteiger partial charge in [0.1, 0.15) is 8.07 Å². The van der Waals surface area contributed by atoms with Gasteiger partial charge in [0, 0.05) is 0 Å². The van der Waals surface area contributed by atoms with Crippen LogP contribution in [0, 0.1) is 48.5 Å². The molecule has 0 heterocycles. The van der Waals surface area contributed by atoms with Crippen LogP contribution in [-0.2, 0) is 21.7 Å². The zero-order valence-corrected chi connectivity index (χ0v) is 26.4. The van der Waals surface area contributed by atoms with E-state index in [1.807, 2.05) is 0 Å². The van der Waals surface area contributed by atoms with Gasteiger partial charge in [0.15, 0.2) is 0 Å². The van der Waals surface area contributed by atoms with Crippen LogP contribution in [-0.4, -0.2) is 8.07 Å². The largest absolute Gasteiger partial charge is 4.00 e. The Morgan fingerprint density at radius 1 is 0.457 bits per heavy atom. The normalized spacial score (nSPS) is 10.4. The van der Waals surface area contributed by atoms with E-state index in [9.17, 15) is 0 Å². The van der Waals surface area contributed by atoms with E-state index in [4.69, 9.17) is 0 Å². The second-order valence-electron chi connectivity index (χ2n) is 9.56. The quantitative estimate of drug-likeness (QED) is 0.132. The summed E-state index contributed by atoms with van der Waals surface area (Å²) in [4.78, 5) is 0. The van der Waals surface area contributed by atoms with Crippen molar-refractivity contribution < 1.29 is 58.9 Å². The molecule has 0 unspecified atom stereocenters. The molecule has 0 aliphatic rings. The summed E-state index contributed by atoms with van der Waals surface area (Å²) in [6.07, 6.45) is 0. The van der Waals surface area contributed by atoms with Crippen LogP contribution in [0.5, 0.6) is 0 Å². The number of halogens is 3. The average Bonchev–Trinajstić information content (AvgIpc) is 3.06. The second-order valence-corrected chi connectivity index (χ2v) is 13.4. The maximum atomic E-state index is 2.44. The first-order valence-corrected chi connectivity index (χ1v) is 13.2. The molecule has 0 spiro atoms. The summed E-state index contributed by atoms with van der Waals surface area (Å²) in [6, 6.07) is 28.6. The van der Waals surface area contributed by atoms with Crippen molar-refractivity contribution in [1.29, 1.82) is 0 Å². The van der Waals surface area contributed by atoms with Gasteiger partial charge in [-0.15, -0.1) is 5.19 Å². The first-order valence-electron chi connectivity index (χ1n) is 11.2. The first kappa shape index (κ1) is 33.8. The Hall–Kier alpha value is -1.19. The second kappa shape index (κ2) is 13.4. The summed E-state index contributed by atoms with van der Waals surface area (Å²) >= 11 is 0. The fourth-order valence-electron chi connectivity index (χ4n) is 5.37. The molecule has 4 aromatic rings. The van der Waals surface area contributed by atoms with Gasteiger partial charge in [-0.25, -0.2) is 11.6 Å². The zero-order chi connectivity index (χ0) is 22.3. The van der Waals surface area contributed by atoms with E-state index in [2.05, 4.69) is 121 Å². The van der Waals surface area contributed by atoms with Gasteiger partial charge in [0.2, 0.25) is 0 Å². The molecule has 35 heavy (non-hydrogen) atoms. The molecule has 182 valence electrons. The van der Waals surface area contributed by atoms with E-state index in [-0.39, 0.29) is 58.9 Å². The molecule has 0 N–H and O–H groups in total. The molecule has 0 bridgehead atoms. The molecule has 0 saturated carbocycles. The summed E-state index contributed by atoms with van der Waals surface area (Å²) in [6.45, 7) is 15.6. The van der Waals surface area contributed by atoms with Gasteiger partial charge in [-0.1, -0.05) is 110 Å². The third-order valence-electron chi connectivity index (χ3n) is 6.31. The standard InChI is InChI=1S/C30H33Si.3ClH.Ti/c1-20-8-9-27(13-20)31(28-14-21(2)10-22(3)15-28,29-16-23(4)11-24(5)17-29)30-18-25(6)12-26(7)19-30;;;;/h8-19H,1-7H3;3*1H;/q-1;;;;+4/p-3. The number of rotatable bonds is 4. The first-order chi connectivity index (χ1) is 14.7. The minimum Gasteiger partial charge on any atom is -1.00 e. The van der Waals surface area contributed by atoms with Gasteiger partial charge in [-0.3, -0.25) is 0 Å². The van der Waals surface area contributed by atoms with E-state index in [0.717, 1.165) is 0 Å². The summed E-state index contributed by atoms with van der Waals surface area (Å²) in [5.41, 5.74) is 9.36. The molecule has 0 fully saturated rings. The SMILES string of the molecule is Cc1cc(C)cc([Si](c2cc(C)cc(C)c2)(c2cc(C)cc(C)c2)[c-]2ccc(C)c2)c1.[Cl-].[Cl-].[Cl-].[Ti+4]. The molecule has 0 radical (unpaired) electrons. The van der Waals surface area contributed by atoms with E-state index >= 15 is 0 Å². The molecular weight excluding hydrogens is 543 g/mol. The third kappa shape index (κ3) is 6.77. The molecule has 0 amide bonds. The molecule has 5 heteroatoms. The number of aryl methyl sites for hydroxylation is 7. The molecule has 0 aliphatic heterocycles. The van der Waals surface area contributed by atoms with Gasteiger partial charge >= 0.3 is 21.7 Å². The van der Waals surface area contributed by atoms with Gasteiger partial charge in [-0.05, 0) is 41.5 Å². The fourth-order valence-corrected chi connectivity index (χ4v) is 10.8. The maximum Gasteiger partial charge on any atom is 4.00 e. The molecule has 4 rings (SSSR count). The Morgan fingerprint density at radius 3 is 0.971 bits per heavy atom. The predicted octanol–water partition coefficient (Wildman–Crippen LogP) is -4.05. The topological polar surface area (TPSA) is 0 Å². The van der Waals surface area contributed by atoms with Crippen LogP contribution >= 0.6 is 0 Å². The molecule has 4 aromatic carbocycles. The van der Waals surface area contributed by atoms with Crippen LogP contribution in [0.1, 0.15) is 38.9 Å². The Kier molecular flexibility index (Phi) is 12.9. The molecule has 0 nitrogen and oxygen atoms in total. The van der Waals surface area contributed by atoms with Gasteiger partial charge in [-0.2, -0.15) is 12.1 Å². The molecular formula is C30H33Cl3SiTi. The van der Waals surface area contributed by atoms with Crippen molar-refractivity contribution in [1.82, 2.24) is 0 Å². The van der Waals surface area contributed by atoms with E-state index in [1.165, 1.54) is 59.7 Å². The fraction of sp³-hybridized carbons (Fsp3) is 0.233. The van der Waals surface area contributed by atoms with E-state index in [1.54, 1.807) is 0 Å². The zero-order valence-electron chi connectivity index (χ0n) is 21.6. The number of hydrogen-bond donors (Lipinski definition) is 0. The van der Waals surface area contributed by atoms with Crippen LogP contribution in [0.25, 0.3) is 0 Å². The van der Waals surface area contributed by atoms with Crippen LogP contribution in [0.15, 0.2) is 72.8 Å². The smallest absolute Gasteiger partial charge is 1.00 e. The van der Waals surface area contributed by atoms with Crippen molar-refractivity contribution in [2.45, 2.75) is 48.5 Å². The Balaban J connectivity index is 0.00000289. The Morgan fingerprint density at radius 2 is 0.743 bits per heavy atom. The van der Waals surface area contributed by atoms with Crippen LogP contribution in [0.4, 0.5) is 0 Å². The van der Waals surface area contributed by atoms with Gasteiger partial charge in [0.05, 0.1) is 0 Å². The minimum atomic E-state index is -2.47. The minimum absolute atomic E-state index is 0. The van der Waals surface area contributed by atoms with Crippen molar-refractivity contribution in [2.24, 2.45) is 0 Å². The predicted molar refractivity (Wildman–Crippen MR) is 139 cm³/mol. The van der Waals surface area contributed by atoms with E-state index < -0.39 is 8.07 Å². The number of benzene rings is 3. The van der Waals surface area contributed by atoms with Crippen molar-refractivity contribution in [3.63, 3.8) is 0 Å². The van der Waals surface area contributed by atoms with Crippen LogP contribution in [0.3, 0.4) is 0 Å². The average molecular weight is 576 g/mol. The van der Waals surface area contributed by atoms with Crippen LogP contribution in [0.2, 0.25) is 0 Å². The third-order valence-corrected chi connectivity index (χ3v) is 10.9. The van der Waals surface area contributed by atoms with Gasteiger partial charge < -0.3 is 37.2 Å². The Bertz CT molecular complexity index is 1090. The number of hydrogen-bond acceptors (Lipinski definition) is 0. The summed E-state index contributed by atoms with van der Waals surface area (Å²) in [5, 5.41) is 5.91. The van der Waals surface area contributed by atoms with Crippen molar-refractivity contribution in [3.05, 3.63) is 112 Å². The maximum absolute atomic E-state index is 2.47. The molecule has 0 saturated heterocycles. The van der Waals surface area contributed by atoms with Crippen molar-refractivity contribution in [3.8, 4) is 0 Å². The summed E-state index contributed by atoms with van der Waals surface area (Å²) < 4.78 is 0. The summed E-state index contributed by atoms with van der Waals surface area (Å²) in [5.74, 6) is 0. The van der Waals surface area contributed by atoms with Crippen molar-refractivity contribution in [2.75, 3.05) is 0 Å². The molecule has 0 atom stereocenters. The van der Waals surface area contributed by atoms with E-state index in [0.29, 0.717) is 0 Å². The Labute approximate surface area is 246 Å².